The third kappa shape index (κ3) is 4.23. The molecule has 0 amide bonds. The van der Waals surface area contributed by atoms with E-state index in [1.54, 1.807) is 11.3 Å². The zero-order valence-electron chi connectivity index (χ0n) is 14.5. The summed E-state index contributed by atoms with van der Waals surface area (Å²) in [5.41, 5.74) is 2.35. The predicted molar refractivity (Wildman–Crippen MR) is 103 cm³/mol. The standard InChI is InChI=1S/C18H20ClN5OS/c1-13-9-20-24(10-13)12-16-11-23(6-7-25-16)18-22-21-17(26-18)8-14-2-4-15(19)5-3-14/h2-5,9-10,16H,6-8,11-12H2,1H3. The molecule has 1 atom stereocenters. The number of hydrogen-bond donors (Lipinski definition) is 0. The van der Waals surface area contributed by atoms with Crippen LogP contribution < -0.4 is 4.90 Å². The van der Waals surface area contributed by atoms with Crippen molar-refractivity contribution in [3.05, 3.63) is 57.8 Å². The summed E-state index contributed by atoms with van der Waals surface area (Å²) < 4.78 is 7.84. The monoisotopic (exact) mass is 389 g/mol. The molecule has 0 aliphatic carbocycles. The summed E-state index contributed by atoms with van der Waals surface area (Å²) in [5, 5.41) is 15.8. The van der Waals surface area contributed by atoms with Crippen molar-refractivity contribution in [3.8, 4) is 0 Å². The molecular weight excluding hydrogens is 370 g/mol. The number of halogens is 1. The van der Waals surface area contributed by atoms with Crippen molar-refractivity contribution in [1.82, 2.24) is 20.0 Å². The maximum atomic E-state index is 5.94. The summed E-state index contributed by atoms with van der Waals surface area (Å²) in [4.78, 5) is 2.26. The van der Waals surface area contributed by atoms with E-state index in [0.717, 1.165) is 46.8 Å². The van der Waals surface area contributed by atoms with Crippen LogP contribution in [0, 0.1) is 6.92 Å². The van der Waals surface area contributed by atoms with Gasteiger partial charge in [-0.3, -0.25) is 4.68 Å². The number of rotatable bonds is 5. The fourth-order valence-electron chi connectivity index (χ4n) is 3.00. The largest absolute Gasteiger partial charge is 0.373 e. The molecule has 1 unspecified atom stereocenters. The topological polar surface area (TPSA) is 56.1 Å². The lowest BCUT2D eigenvalue weighted by Gasteiger charge is -2.32. The molecule has 0 radical (unpaired) electrons. The molecule has 6 nitrogen and oxygen atoms in total. The third-order valence-electron chi connectivity index (χ3n) is 4.29. The zero-order valence-corrected chi connectivity index (χ0v) is 16.1. The highest BCUT2D eigenvalue weighted by atomic mass is 35.5. The molecule has 136 valence electrons. The van der Waals surface area contributed by atoms with Crippen molar-refractivity contribution in [1.29, 1.82) is 0 Å². The molecule has 1 fully saturated rings. The van der Waals surface area contributed by atoms with Crippen LogP contribution in [0.2, 0.25) is 5.02 Å². The normalized spacial score (nSPS) is 17.6. The van der Waals surface area contributed by atoms with Gasteiger partial charge in [0, 0.05) is 30.7 Å². The van der Waals surface area contributed by atoms with Gasteiger partial charge in [0.15, 0.2) is 0 Å². The summed E-state index contributed by atoms with van der Waals surface area (Å²) in [5.74, 6) is 0. The van der Waals surface area contributed by atoms with Gasteiger partial charge in [-0.25, -0.2) is 0 Å². The van der Waals surface area contributed by atoms with Gasteiger partial charge in [-0.1, -0.05) is 35.1 Å². The lowest BCUT2D eigenvalue weighted by atomic mass is 10.2. The van der Waals surface area contributed by atoms with Gasteiger partial charge in [-0.05, 0) is 30.2 Å². The van der Waals surface area contributed by atoms with Crippen molar-refractivity contribution < 1.29 is 4.74 Å². The second-order valence-corrected chi connectivity index (χ2v) is 7.94. The Hall–Kier alpha value is -1.96. The lowest BCUT2D eigenvalue weighted by Crippen LogP contribution is -2.44. The number of aromatic nitrogens is 4. The third-order valence-corrected chi connectivity index (χ3v) is 5.52. The fourth-order valence-corrected chi connectivity index (χ4v) is 4.03. The molecule has 0 saturated carbocycles. The number of ether oxygens (including phenoxy) is 1. The molecule has 1 aromatic carbocycles. The number of hydrogen-bond acceptors (Lipinski definition) is 6. The Kier molecular flexibility index (Phi) is 5.19. The zero-order chi connectivity index (χ0) is 17.9. The van der Waals surface area contributed by atoms with Crippen molar-refractivity contribution in [2.45, 2.75) is 26.0 Å². The average Bonchev–Trinajstić information content (AvgIpc) is 3.26. The first kappa shape index (κ1) is 17.5. The second-order valence-electron chi connectivity index (χ2n) is 6.46. The van der Waals surface area contributed by atoms with Gasteiger partial charge in [0.05, 0.1) is 25.5 Å². The summed E-state index contributed by atoms with van der Waals surface area (Å²) in [6.45, 7) is 5.12. The molecule has 3 aromatic rings. The van der Waals surface area contributed by atoms with Crippen LogP contribution in [0.25, 0.3) is 0 Å². The van der Waals surface area contributed by atoms with E-state index in [2.05, 4.69) is 20.2 Å². The van der Waals surface area contributed by atoms with Crippen LogP contribution in [-0.2, 0) is 17.7 Å². The van der Waals surface area contributed by atoms with Crippen LogP contribution in [0.1, 0.15) is 16.1 Å². The van der Waals surface area contributed by atoms with Crippen LogP contribution in [0.4, 0.5) is 5.13 Å². The fraction of sp³-hybridized carbons (Fsp3) is 0.389. The Morgan fingerprint density at radius 1 is 1.27 bits per heavy atom. The van der Waals surface area contributed by atoms with Gasteiger partial charge in [0.2, 0.25) is 5.13 Å². The first-order valence-electron chi connectivity index (χ1n) is 8.58. The maximum Gasteiger partial charge on any atom is 0.208 e. The Morgan fingerprint density at radius 2 is 2.12 bits per heavy atom. The molecule has 1 saturated heterocycles. The Balaban J connectivity index is 1.39. The Bertz CT molecular complexity index is 863. The number of anilines is 1. The van der Waals surface area contributed by atoms with Crippen LogP contribution in [-0.4, -0.2) is 45.8 Å². The molecule has 1 aliphatic rings. The molecule has 0 bridgehead atoms. The SMILES string of the molecule is Cc1cnn(CC2CN(c3nnc(Cc4ccc(Cl)cc4)s3)CCO2)c1. The van der Waals surface area contributed by atoms with E-state index in [0.29, 0.717) is 6.61 Å². The van der Waals surface area contributed by atoms with E-state index in [1.807, 2.05) is 48.3 Å². The van der Waals surface area contributed by atoms with Crippen LogP contribution >= 0.6 is 22.9 Å². The number of nitrogens with zero attached hydrogens (tertiary/aromatic N) is 5. The Morgan fingerprint density at radius 3 is 2.88 bits per heavy atom. The second kappa shape index (κ2) is 7.73. The van der Waals surface area contributed by atoms with E-state index in [4.69, 9.17) is 16.3 Å². The minimum absolute atomic E-state index is 0.103. The summed E-state index contributed by atoms with van der Waals surface area (Å²) in [7, 11) is 0. The van der Waals surface area contributed by atoms with Crippen LogP contribution in [0.5, 0.6) is 0 Å². The van der Waals surface area contributed by atoms with E-state index in [-0.39, 0.29) is 6.10 Å². The van der Waals surface area contributed by atoms with Gasteiger partial charge in [-0.15, -0.1) is 10.2 Å². The van der Waals surface area contributed by atoms with Crippen molar-refractivity contribution in [3.63, 3.8) is 0 Å². The predicted octanol–water partition coefficient (Wildman–Crippen LogP) is 3.19. The first-order chi connectivity index (χ1) is 12.7. The molecule has 3 heterocycles. The smallest absolute Gasteiger partial charge is 0.208 e. The van der Waals surface area contributed by atoms with E-state index >= 15 is 0 Å². The molecule has 2 aromatic heterocycles. The van der Waals surface area contributed by atoms with Crippen molar-refractivity contribution >= 4 is 28.1 Å². The molecule has 26 heavy (non-hydrogen) atoms. The van der Waals surface area contributed by atoms with Gasteiger partial charge >= 0.3 is 0 Å². The van der Waals surface area contributed by atoms with Crippen molar-refractivity contribution in [2.24, 2.45) is 0 Å². The molecular formula is C18H20ClN5OS. The van der Waals surface area contributed by atoms with E-state index < -0.39 is 0 Å². The van der Waals surface area contributed by atoms with Crippen LogP contribution in [0.15, 0.2) is 36.7 Å². The van der Waals surface area contributed by atoms with Gasteiger partial charge in [0.1, 0.15) is 5.01 Å². The summed E-state index contributed by atoms with van der Waals surface area (Å²) in [6.07, 6.45) is 4.78. The number of benzene rings is 1. The van der Waals surface area contributed by atoms with Gasteiger partial charge in [0.25, 0.3) is 0 Å². The number of aryl methyl sites for hydroxylation is 1. The molecule has 4 rings (SSSR count). The van der Waals surface area contributed by atoms with Crippen molar-refractivity contribution in [2.75, 3.05) is 24.6 Å². The molecule has 0 spiro atoms. The summed E-state index contributed by atoms with van der Waals surface area (Å²) >= 11 is 7.59. The number of morpholine rings is 1. The van der Waals surface area contributed by atoms with E-state index in [9.17, 15) is 0 Å². The highest BCUT2D eigenvalue weighted by Crippen LogP contribution is 2.25. The minimum Gasteiger partial charge on any atom is -0.373 e. The van der Waals surface area contributed by atoms with Gasteiger partial charge < -0.3 is 9.64 Å². The van der Waals surface area contributed by atoms with Gasteiger partial charge in [-0.2, -0.15) is 5.10 Å². The summed E-state index contributed by atoms with van der Waals surface area (Å²) in [6, 6.07) is 7.87. The molecule has 8 heteroatoms. The lowest BCUT2D eigenvalue weighted by molar-refractivity contribution is 0.0274. The maximum absolute atomic E-state index is 5.94. The first-order valence-corrected chi connectivity index (χ1v) is 9.77. The molecule has 1 aliphatic heterocycles. The van der Waals surface area contributed by atoms with E-state index in [1.165, 1.54) is 5.56 Å². The highest BCUT2D eigenvalue weighted by Gasteiger charge is 2.24. The highest BCUT2D eigenvalue weighted by molar-refractivity contribution is 7.15. The quantitative estimate of drug-likeness (QED) is 0.670. The Labute approximate surface area is 161 Å². The minimum atomic E-state index is 0.103. The molecule has 0 N–H and O–H groups in total. The average molecular weight is 390 g/mol. The van der Waals surface area contributed by atoms with Crippen LogP contribution in [0.3, 0.4) is 0 Å².